The van der Waals surface area contributed by atoms with Crippen LogP contribution in [0, 0.1) is 11.3 Å². The van der Waals surface area contributed by atoms with Gasteiger partial charge in [-0.05, 0) is 79.6 Å². The van der Waals surface area contributed by atoms with Gasteiger partial charge < -0.3 is 0 Å². The van der Waals surface area contributed by atoms with Crippen LogP contribution in [0.2, 0.25) is 0 Å². The zero-order valence-corrected chi connectivity index (χ0v) is 32.9. The number of hydrogen-bond acceptors (Lipinski definition) is 3. The molecule has 4 aliphatic rings. The normalized spacial score (nSPS) is 18.9. The third kappa shape index (κ3) is 5.25. The number of fused-ring (bicyclic) bond motifs is 3. The van der Waals surface area contributed by atoms with E-state index in [4.69, 9.17) is 15.0 Å². The largest absolute Gasteiger partial charge is 0.208 e. The maximum atomic E-state index is 5.04. The van der Waals surface area contributed by atoms with Crippen LogP contribution >= 0.6 is 0 Å². The standard InChI is InChI=1S/C57H39N3/c1-5-16-39(17-6-1)53-58-54(40-18-7-2-8-19-40)60-55(59-53)41-30-28-38(29-31-41)52-46(34-35-56-37-45(56)24-15-27-50(52)56)42-32-33-48-47-25-13-14-26-49(47)57(51(48)36-42,43-20-9-3-10-21-43)44-22-11-4-12-23-44/h1-36,45H,37H2. The molecule has 1 heterocycles. The molecule has 2 unspecified atom stereocenters. The smallest absolute Gasteiger partial charge is 0.164 e. The summed E-state index contributed by atoms with van der Waals surface area (Å²) < 4.78 is 0. The van der Waals surface area contributed by atoms with Crippen LogP contribution in [0.5, 0.6) is 0 Å². The van der Waals surface area contributed by atoms with Crippen molar-refractivity contribution in [3.05, 3.63) is 257 Å². The van der Waals surface area contributed by atoms with Crippen molar-refractivity contribution in [2.75, 3.05) is 0 Å². The maximum Gasteiger partial charge on any atom is 0.164 e. The lowest BCUT2D eigenvalue weighted by molar-refractivity contribution is 0.745. The second-order valence-electron chi connectivity index (χ2n) is 16.3. The van der Waals surface area contributed by atoms with Gasteiger partial charge in [0.1, 0.15) is 0 Å². The van der Waals surface area contributed by atoms with Crippen molar-refractivity contribution >= 4 is 11.1 Å². The van der Waals surface area contributed by atoms with Gasteiger partial charge >= 0.3 is 0 Å². The predicted molar refractivity (Wildman–Crippen MR) is 244 cm³/mol. The summed E-state index contributed by atoms with van der Waals surface area (Å²) in [6, 6.07) is 67.6. The van der Waals surface area contributed by atoms with Crippen LogP contribution in [-0.2, 0) is 5.41 Å². The molecule has 0 aliphatic heterocycles. The molecule has 4 aliphatic carbocycles. The third-order valence-corrected chi connectivity index (χ3v) is 13.2. The zero-order valence-electron chi connectivity index (χ0n) is 32.9. The van der Waals surface area contributed by atoms with Gasteiger partial charge in [-0.1, -0.05) is 212 Å². The topological polar surface area (TPSA) is 38.7 Å². The molecule has 1 aromatic heterocycles. The average molecular weight is 766 g/mol. The van der Waals surface area contributed by atoms with Gasteiger partial charge in [0.2, 0.25) is 0 Å². The van der Waals surface area contributed by atoms with Crippen LogP contribution in [0.15, 0.2) is 224 Å². The Morgan fingerprint density at radius 2 is 0.950 bits per heavy atom. The third-order valence-electron chi connectivity index (χ3n) is 13.2. The number of aromatic nitrogens is 3. The Balaban J connectivity index is 1.03. The lowest BCUT2D eigenvalue weighted by Gasteiger charge is -2.34. The molecule has 282 valence electrons. The van der Waals surface area contributed by atoms with Crippen molar-refractivity contribution in [1.29, 1.82) is 0 Å². The van der Waals surface area contributed by atoms with Crippen LogP contribution in [0.1, 0.15) is 39.8 Å². The van der Waals surface area contributed by atoms with E-state index in [9.17, 15) is 0 Å². The van der Waals surface area contributed by atoms with Gasteiger partial charge in [0.25, 0.3) is 0 Å². The molecule has 1 spiro atoms. The van der Waals surface area contributed by atoms with Gasteiger partial charge in [0, 0.05) is 22.1 Å². The zero-order chi connectivity index (χ0) is 39.7. The molecular formula is C57H39N3. The minimum Gasteiger partial charge on any atom is -0.208 e. The summed E-state index contributed by atoms with van der Waals surface area (Å²) in [5.41, 5.74) is 16.5. The second-order valence-corrected chi connectivity index (χ2v) is 16.3. The van der Waals surface area contributed by atoms with E-state index < -0.39 is 5.41 Å². The summed E-state index contributed by atoms with van der Waals surface area (Å²) in [7, 11) is 0. The van der Waals surface area contributed by atoms with Crippen LogP contribution in [-0.4, -0.2) is 15.0 Å². The van der Waals surface area contributed by atoms with Crippen LogP contribution in [0.3, 0.4) is 0 Å². The van der Waals surface area contributed by atoms with E-state index in [1.54, 1.807) is 0 Å². The van der Waals surface area contributed by atoms with Gasteiger partial charge in [-0.15, -0.1) is 0 Å². The van der Waals surface area contributed by atoms with Gasteiger partial charge in [-0.2, -0.15) is 0 Å². The highest BCUT2D eigenvalue weighted by Crippen LogP contribution is 2.67. The first-order valence-electron chi connectivity index (χ1n) is 20.9. The number of benzene rings is 7. The predicted octanol–water partition coefficient (Wildman–Crippen LogP) is 13.2. The number of allylic oxidation sites excluding steroid dienone is 8. The molecule has 1 fully saturated rings. The van der Waals surface area contributed by atoms with Gasteiger partial charge in [0.05, 0.1) is 5.41 Å². The molecule has 0 bridgehead atoms. The van der Waals surface area contributed by atoms with E-state index >= 15 is 0 Å². The minimum absolute atomic E-state index is 0.0421. The van der Waals surface area contributed by atoms with E-state index in [2.05, 4.69) is 182 Å². The molecule has 12 rings (SSSR count). The minimum atomic E-state index is -0.470. The highest BCUT2D eigenvalue weighted by molar-refractivity contribution is 6.06. The van der Waals surface area contributed by atoms with Crippen molar-refractivity contribution in [2.45, 2.75) is 11.8 Å². The highest BCUT2D eigenvalue weighted by atomic mass is 15.0. The van der Waals surface area contributed by atoms with Gasteiger partial charge in [0.15, 0.2) is 17.5 Å². The Morgan fingerprint density at radius 1 is 0.450 bits per heavy atom. The van der Waals surface area contributed by atoms with E-state index in [1.165, 1.54) is 61.2 Å². The number of hydrogen-bond donors (Lipinski definition) is 0. The van der Waals surface area contributed by atoms with E-state index in [1.807, 2.05) is 36.4 Å². The Labute approximate surface area is 350 Å². The van der Waals surface area contributed by atoms with Gasteiger partial charge in [-0.3, -0.25) is 0 Å². The van der Waals surface area contributed by atoms with E-state index in [0.717, 1.165) is 23.1 Å². The number of nitrogens with zero attached hydrogens (tertiary/aromatic N) is 3. The summed E-state index contributed by atoms with van der Waals surface area (Å²) >= 11 is 0. The highest BCUT2D eigenvalue weighted by Gasteiger charge is 2.56. The monoisotopic (exact) mass is 765 g/mol. The van der Waals surface area contributed by atoms with Crippen molar-refractivity contribution in [3.8, 4) is 45.3 Å². The Hall–Kier alpha value is -7.49. The molecule has 0 N–H and O–H groups in total. The van der Waals surface area contributed by atoms with Crippen molar-refractivity contribution in [3.63, 3.8) is 0 Å². The van der Waals surface area contributed by atoms with Crippen LogP contribution in [0.4, 0.5) is 0 Å². The maximum absolute atomic E-state index is 5.04. The van der Waals surface area contributed by atoms with E-state index in [0.29, 0.717) is 23.4 Å². The first-order chi connectivity index (χ1) is 29.7. The fourth-order valence-electron chi connectivity index (χ4n) is 10.2. The SMILES string of the molecule is C1=CC2CC23C=CC(c2ccc4c(c2)C(c2ccccc2)(c2ccccc2)c2ccccc2-4)=C(c2ccc(-c4nc(-c5ccccc5)nc(-c5ccccc5)n4)cc2)C3=C1. The Bertz CT molecular complexity index is 2990. The summed E-state index contributed by atoms with van der Waals surface area (Å²) in [5.74, 6) is 2.50. The van der Waals surface area contributed by atoms with Crippen LogP contribution < -0.4 is 0 Å². The summed E-state index contributed by atoms with van der Waals surface area (Å²) in [5, 5.41) is 0. The molecule has 8 aromatic rings. The Morgan fingerprint density at radius 3 is 1.57 bits per heavy atom. The molecule has 3 nitrogen and oxygen atoms in total. The lowest BCUT2D eigenvalue weighted by atomic mass is 9.67. The van der Waals surface area contributed by atoms with Crippen molar-refractivity contribution in [2.24, 2.45) is 11.3 Å². The van der Waals surface area contributed by atoms with Gasteiger partial charge in [-0.25, -0.2) is 15.0 Å². The quantitative estimate of drug-likeness (QED) is 0.162. The summed E-state index contributed by atoms with van der Waals surface area (Å²) in [6.45, 7) is 0. The summed E-state index contributed by atoms with van der Waals surface area (Å²) in [6.07, 6.45) is 13.1. The molecular weight excluding hydrogens is 727 g/mol. The van der Waals surface area contributed by atoms with Crippen LogP contribution in [0.25, 0.3) is 56.4 Å². The molecule has 0 saturated heterocycles. The summed E-state index contributed by atoms with van der Waals surface area (Å²) in [4.78, 5) is 15.0. The molecule has 0 radical (unpaired) electrons. The first-order valence-corrected chi connectivity index (χ1v) is 20.9. The molecule has 2 atom stereocenters. The molecule has 60 heavy (non-hydrogen) atoms. The Kier molecular flexibility index (Phi) is 7.80. The molecule has 1 saturated carbocycles. The van der Waals surface area contributed by atoms with Crippen molar-refractivity contribution < 1.29 is 0 Å². The van der Waals surface area contributed by atoms with Crippen molar-refractivity contribution in [1.82, 2.24) is 15.0 Å². The first kappa shape index (κ1) is 34.5. The molecule has 0 amide bonds. The van der Waals surface area contributed by atoms with E-state index in [-0.39, 0.29) is 5.41 Å². The average Bonchev–Trinajstić information content (AvgIpc) is 3.99. The lowest BCUT2D eigenvalue weighted by Crippen LogP contribution is -2.28. The second kappa shape index (κ2) is 13.5. The molecule has 3 heteroatoms. The number of rotatable bonds is 7. The fraction of sp³-hybridized carbons (Fsp3) is 0.0702. The fourth-order valence-corrected chi connectivity index (χ4v) is 10.2. The molecule has 7 aromatic carbocycles.